The van der Waals surface area contributed by atoms with Gasteiger partial charge in [-0.05, 0) is 26.2 Å². The van der Waals surface area contributed by atoms with Crippen LogP contribution in [0.15, 0.2) is 0 Å². The fourth-order valence-corrected chi connectivity index (χ4v) is 0.974. The molecule has 0 spiro atoms. The molecule has 0 aliphatic heterocycles. The van der Waals surface area contributed by atoms with E-state index in [2.05, 4.69) is 0 Å². The van der Waals surface area contributed by atoms with Crippen LogP contribution in [0.2, 0.25) is 0 Å². The molecule has 16 heavy (non-hydrogen) atoms. The lowest BCUT2D eigenvalue weighted by Crippen LogP contribution is -2.41. The maximum atomic E-state index is 11.7. The largest absolute Gasteiger partial charge is 0.408 e. The Bertz CT molecular complexity index is 231. The molecule has 0 radical (unpaired) electrons. The molecule has 0 heterocycles. The summed E-state index contributed by atoms with van der Waals surface area (Å²) in [5.41, 5.74) is -0.719. The number of rotatable bonds is 6. The van der Waals surface area contributed by atoms with Crippen molar-refractivity contribution in [2.24, 2.45) is 11.3 Å². The Morgan fingerprint density at radius 1 is 1.31 bits per heavy atom. The van der Waals surface area contributed by atoms with E-state index in [-0.39, 0.29) is 12.3 Å². The molecule has 0 atom stereocenters. The van der Waals surface area contributed by atoms with Crippen molar-refractivity contribution in [3.05, 3.63) is 0 Å². The Labute approximate surface area is 97.6 Å². The molecule has 0 aromatic carbocycles. The van der Waals surface area contributed by atoms with E-state index in [1.807, 2.05) is 20.8 Å². The second kappa shape index (κ2) is 5.64. The molecular weight excluding hydrogens is 208 g/mol. The third-order valence-electron chi connectivity index (χ3n) is 3.08. The summed E-state index contributed by atoms with van der Waals surface area (Å²) in [7, 11) is 0. The van der Waals surface area contributed by atoms with Crippen LogP contribution >= 0.6 is 0 Å². The van der Waals surface area contributed by atoms with Gasteiger partial charge in [-0.1, -0.05) is 27.2 Å². The summed E-state index contributed by atoms with van der Waals surface area (Å²) >= 11 is 0. The van der Waals surface area contributed by atoms with Gasteiger partial charge in [-0.25, -0.2) is 0 Å². The minimum absolute atomic E-state index is 0.0451. The molecule has 0 bridgehead atoms. The number of esters is 1. The van der Waals surface area contributed by atoms with Gasteiger partial charge in [0.15, 0.2) is 0 Å². The van der Waals surface area contributed by atoms with E-state index in [1.54, 1.807) is 13.8 Å². The minimum atomic E-state index is -2.33. The molecule has 0 unspecified atom stereocenters. The van der Waals surface area contributed by atoms with E-state index < -0.39 is 17.4 Å². The maximum absolute atomic E-state index is 11.7. The SMILES string of the molecule is CCCCC(O)(O)OC(=O)C(C)(C)C(C)C. The van der Waals surface area contributed by atoms with Crippen molar-refractivity contribution in [3.63, 3.8) is 0 Å². The average molecular weight is 232 g/mol. The van der Waals surface area contributed by atoms with Crippen molar-refractivity contribution in [2.45, 2.75) is 59.9 Å². The normalized spacial score (nSPS) is 13.0. The van der Waals surface area contributed by atoms with Gasteiger partial charge >= 0.3 is 11.9 Å². The van der Waals surface area contributed by atoms with Crippen molar-refractivity contribution < 1.29 is 19.7 Å². The lowest BCUT2D eigenvalue weighted by atomic mass is 9.81. The number of carbonyl (C=O) groups excluding carboxylic acids is 1. The number of hydrogen-bond donors (Lipinski definition) is 2. The molecule has 0 aliphatic carbocycles. The third-order valence-corrected chi connectivity index (χ3v) is 3.08. The minimum Gasteiger partial charge on any atom is -0.408 e. The Morgan fingerprint density at radius 2 is 1.81 bits per heavy atom. The molecule has 0 saturated carbocycles. The topological polar surface area (TPSA) is 66.8 Å². The van der Waals surface area contributed by atoms with E-state index >= 15 is 0 Å². The summed E-state index contributed by atoms with van der Waals surface area (Å²) < 4.78 is 4.74. The molecule has 4 heteroatoms. The highest BCUT2D eigenvalue weighted by atomic mass is 16.8. The Morgan fingerprint density at radius 3 is 2.19 bits per heavy atom. The summed E-state index contributed by atoms with van der Waals surface area (Å²) in [6.07, 6.45) is 1.46. The van der Waals surface area contributed by atoms with Gasteiger partial charge in [0.2, 0.25) is 0 Å². The number of ether oxygens (including phenoxy) is 1. The summed E-state index contributed by atoms with van der Waals surface area (Å²) in [6.45, 7) is 9.18. The number of unbranched alkanes of at least 4 members (excludes halogenated alkanes) is 1. The van der Waals surface area contributed by atoms with Crippen molar-refractivity contribution in [3.8, 4) is 0 Å². The number of hydrogen-bond acceptors (Lipinski definition) is 4. The zero-order valence-corrected chi connectivity index (χ0v) is 10.9. The predicted octanol–water partition coefficient (Wildman–Crippen LogP) is 2.04. The third kappa shape index (κ3) is 4.49. The van der Waals surface area contributed by atoms with Gasteiger partial charge < -0.3 is 14.9 Å². The first-order valence-corrected chi connectivity index (χ1v) is 5.81. The molecular formula is C12H24O4. The molecule has 0 fully saturated rings. The van der Waals surface area contributed by atoms with Gasteiger partial charge in [0.1, 0.15) is 0 Å². The lowest BCUT2D eigenvalue weighted by Gasteiger charge is -2.30. The van der Waals surface area contributed by atoms with E-state index in [1.165, 1.54) is 0 Å². The van der Waals surface area contributed by atoms with Gasteiger partial charge in [-0.3, -0.25) is 4.79 Å². The standard InChI is InChI=1S/C12H24O4/c1-6-7-8-12(14,15)16-10(13)11(4,5)9(2)3/h9,14-15H,6-8H2,1-5H3. The van der Waals surface area contributed by atoms with E-state index in [4.69, 9.17) is 4.74 Å². The van der Waals surface area contributed by atoms with Crippen LogP contribution in [0.3, 0.4) is 0 Å². The predicted molar refractivity (Wildman–Crippen MR) is 61.4 cm³/mol. The summed E-state index contributed by atoms with van der Waals surface area (Å²) in [5, 5.41) is 18.9. The van der Waals surface area contributed by atoms with Crippen molar-refractivity contribution in [1.29, 1.82) is 0 Å². The van der Waals surface area contributed by atoms with Crippen molar-refractivity contribution in [1.82, 2.24) is 0 Å². The second-order valence-corrected chi connectivity index (χ2v) is 5.11. The van der Waals surface area contributed by atoms with Gasteiger partial charge in [0, 0.05) is 6.42 Å². The highest BCUT2D eigenvalue weighted by molar-refractivity contribution is 5.76. The van der Waals surface area contributed by atoms with E-state index in [0.29, 0.717) is 6.42 Å². The first-order valence-electron chi connectivity index (χ1n) is 5.81. The lowest BCUT2D eigenvalue weighted by molar-refractivity contribution is -0.326. The molecule has 0 aliphatic rings. The zero-order chi connectivity index (χ0) is 13.0. The molecule has 0 saturated heterocycles. The van der Waals surface area contributed by atoms with Gasteiger partial charge in [-0.15, -0.1) is 0 Å². The van der Waals surface area contributed by atoms with Crippen LogP contribution in [0, 0.1) is 11.3 Å². The smallest absolute Gasteiger partial charge is 0.324 e. The highest BCUT2D eigenvalue weighted by Gasteiger charge is 2.38. The monoisotopic (exact) mass is 232 g/mol. The molecule has 0 rings (SSSR count). The van der Waals surface area contributed by atoms with E-state index in [0.717, 1.165) is 6.42 Å². The van der Waals surface area contributed by atoms with Crippen LogP contribution in [0.5, 0.6) is 0 Å². The van der Waals surface area contributed by atoms with Crippen LogP contribution in [-0.2, 0) is 9.53 Å². The Hall–Kier alpha value is -0.610. The Balaban J connectivity index is 4.43. The van der Waals surface area contributed by atoms with Crippen LogP contribution in [0.25, 0.3) is 0 Å². The molecule has 0 aromatic heterocycles. The van der Waals surface area contributed by atoms with Crippen molar-refractivity contribution >= 4 is 5.97 Å². The van der Waals surface area contributed by atoms with Gasteiger partial charge in [0.25, 0.3) is 0 Å². The fourth-order valence-electron chi connectivity index (χ4n) is 0.974. The Kier molecular flexibility index (Phi) is 5.42. The molecule has 0 aromatic rings. The van der Waals surface area contributed by atoms with Crippen LogP contribution in [-0.4, -0.2) is 22.2 Å². The summed E-state index contributed by atoms with van der Waals surface area (Å²) in [6, 6.07) is 0. The first kappa shape index (κ1) is 15.4. The molecule has 96 valence electrons. The number of aliphatic hydroxyl groups is 2. The highest BCUT2D eigenvalue weighted by Crippen LogP contribution is 2.29. The van der Waals surface area contributed by atoms with Crippen molar-refractivity contribution in [2.75, 3.05) is 0 Å². The van der Waals surface area contributed by atoms with E-state index in [9.17, 15) is 15.0 Å². The maximum Gasteiger partial charge on any atom is 0.324 e. The first-order chi connectivity index (χ1) is 7.13. The average Bonchev–Trinajstić information content (AvgIpc) is 2.13. The quantitative estimate of drug-likeness (QED) is 0.543. The summed E-state index contributed by atoms with van der Waals surface area (Å²) in [4.78, 5) is 11.7. The van der Waals surface area contributed by atoms with Crippen LogP contribution < -0.4 is 0 Å². The second-order valence-electron chi connectivity index (χ2n) is 5.11. The molecule has 0 amide bonds. The molecule has 2 N–H and O–H groups in total. The molecule has 4 nitrogen and oxygen atoms in total. The summed E-state index contributed by atoms with van der Waals surface area (Å²) in [5.74, 6) is -2.84. The van der Waals surface area contributed by atoms with Crippen LogP contribution in [0.1, 0.15) is 53.9 Å². The van der Waals surface area contributed by atoms with Crippen LogP contribution in [0.4, 0.5) is 0 Å². The fraction of sp³-hybridized carbons (Fsp3) is 0.917. The zero-order valence-electron chi connectivity index (χ0n) is 10.9. The van der Waals surface area contributed by atoms with Gasteiger partial charge in [0.05, 0.1) is 5.41 Å². The number of carbonyl (C=O) groups is 1. The van der Waals surface area contributed by atoms with Gasteiger partial charge in [-0.2, -0.15) is 0 Å².